The molecule has 0 unspecified atom stereocenters. The molecular weight excluding hydrogens is 236 g/mol. The molecule has 1 aromatic heterocycles. The zero-order chi connectivity index (χ0) is 12.8. The van der Waals surface area contributed by atoms with Gasteiger partial charge in [-0.2, -0.15) is 0 Å². The first kappa shape index (κ1) is 10.3. The van der Waals surface area contributed by atoms with Gasteiger partial charge in [-0.05, 0) is 29.0 Å². The minimum atomic E-state index is 0.00700. The summed E-state index contributed by atoms with van der Waals surface area (Å²) in [7, 11) is 0. The van der Waals surface area contributed by atoms with Crippen LogP contribution in [0.2, 0.25) is 0 Å². The molecule has 3 nitrogen and oxygen atoms in total. The molecule has 4 rings (SSSR count). The first-order chi connectivity index (χ1) is 9.31. The second kappa shape index (κ2) is 3.65. The van der Waals surface area contributed by atoms with Crippen molar-refractivity contribution >= 4 is 16.4 Å². The van der Waals surface area contributed by atoms with E-state index in [1.807, 2.05) is 41.1 Å². The summed E-state index contributed by atoms with van der Waals surface area (Å²) in [5.41, 5.74) is 2.24. The smallest absolute Gasteiger partial charge is 0.189 e. The third-order valence-electron chi connectivity index (χ3n) is 3.37. The van der Waals surface area contributed by atoms with Crippen LogP contribution in [0.1, 0.15) is 0 Å². The number of aromatic nitrogens is 2. The van der Waals surface area contributed by atoms with Crippen LogP contribution in [0.4, 0.5) is 0 Å². The summed E-state index contributed by atoms with van der Waals surface area (Å²) in [6.45, 7) is 0. The van der Waals surface area contributed by atoms with Crippen LogP contribution in [0, 0.1) is 0 Å². The predicted molar refractivity (Wildman–Crippen MR) is 75.6 cm³/mol. The van der Waals surface area contributed by atoms with Gasteiger partial charge in [-0.1, -0.05) is 30.3 Å². The van der Waals surface area contributed by atoms with Gasteiger partial charge in [0, 0.05) is 12.4 Å². The Morgan fingerprint density at radius 3 is 2.63 bits per heavy atom. The summed E-state index contributed by atoms with van der Waals surface area (Å²) in [5, 5.41) is 2.28. The van der Waals surface area contributed by atoms with Gasteiger partial charge in [0.05, 0.1) is 11.3 Å². The van der Waals surface area contributed by atoms with Crippen molar-refractivity contribution in [3.8, 4) is 11.3 Å². The van der Waals surface area contributed by atoms with E-state index in [9.17, 15) is 4.79 Å². The Morgan fingerprint density at radius 1 is 0.895 bits per heavy atom. The molecule has 3 heteroatoms. The number of hydrogen-bond acceptors (Lipinski definition) is 2. The zero-order valence-electron chi connectivity index (χ0n) is 10.1. The van der Waals surface area contributed by atoms with Crippen molar-refractivity contribution in [1.29, 1.82) is 0 Å². The molecule has 0 spiro atoms. The molecule has 0 saturated heterocycles. The molecule has 19 heavy (non-hydrogen) atoms. The third-order valence-corrected chi connectivity index (χ3v) is 3.37. The fraction of sp³-hybridized carbons (Fsp3) is 0. The standard InChI is InChI=1S/C16H10N2O/c19-15-7-3-6-14-13(15)10-18-9-12-5-2-1-4-11(12)8-16(18)17-14/h1-10H. The summed E-state index contributed by atoms with van der Waals surface area (Å²) >= 11 is 0. The summed E-state index contributed by atoms with van der Waals surface area (Å²) in [6.07, 6.45) is 3.86. The maximum absolute atomic E-state index is 11.8. The number of fused-ring (bicyclic) bond motifs is 3. The average Bonchev–Trinajstić information content (AvgIpc) is 2.44. The van der Waals surface area contributed by atoms with Crippen molar-refractivity contribution in [3.05, 3.63) is 71.1 Å². The van der Waals surface area contributed by atoms with Crippen LogP contribution in [-0.2, 0) is 0 Å². The second-order valence-corrected chi connectivity index (χ2v) is 4.60. The van der Waals surface area contributed by atoms with Gasteiger partial charge in [-0.15, -0.1) is 0 Å². The normalized spacial score (nSPS) is 11.4. The number of hydrogen-bond donors (Lipinski definition) is 0. The molecule has 2 aliphatic rings. The van der Waals surface area contributed by atoms with Crippen molar-refractivity contribution < 1.29 is 0 Å². The highest BCUT2D eigenvalue weighted by Gasteiger charge is 2.08. The van der Waals surface area contributed by atoms with E-state index in [0.29, 0.717) is 5.56 Å². The molecule has 0 radical (unpaired) electrons. The van der Waals surface area contributed by atoms with Crippen LogP contribution in [0.5, 0.6) is 0 Å². The molecule has 90 valence electrons. The quantitative estimate of drug-likeness (QED) is 0.447. The highest BCUT2D eigenvalue weighted by Crippen LogP contribution is 2.20. The highest BCUT2D eigenvalue weighted by molar-refractivity contribution is 5.85. The Labute approximate surface area is 109 Å². The Morgan fingerprint density at radius 2 is 1.74 bits per heavy atom. The largest absolute Gasteiger partial charge is 0.307 e. The van der Waals surface area contributed by atoms with Gasteiger partial charge in [-0.25, -0.2) is 4.98 Å². The van der Waals surface area contributed by atoms with Crippen molar-refractivity contribution in [2.75, 3.05) is 0 Å². The van der Waals surface area contributed by atoms with Gasteiger partial charge in [0.2, 0.25) is 0 Å². The maximum atomic E-state index is 11.8. The number of benzene rings is 2. The van der Waals surface area contributed by atoms with Gasteiger partial charge in [0.15, 0.2) is 5.43 Å². The summed E-state index contributed by atoms with van der Waals surface area (Å²) in [4.78, 5) is 16.4. The Hall–Kier alpha value is -2.68. The van der Waals surface area contributed by atoms with Crippen molar-refractivity contribution in [3.63, 3.8) is 0 Å². The number of nitrogens with zero attached hydrogens (tertiary/aromatic N) is 2. The zero-order valence-corrected chi connectivity index (χ0v) is 10.1. The number of pyridine rings is 1. The van der Waals surface area contributed by atoms with Gasteiger partial charge in [0.1, 0.15) is 5.65 Å². The Kier molecular flexibility index (Phi) is 1.97. The maximum Gasteiger partial charge on any atom is 0.189 e. The molecule has 0 atom stereocenters. The highest BCUT2D eigenvalue weighted by atomic mass is 16.1. The fourth-order valence-corrected chi connectivity index (χ4v) is 2.41. The van der Waals surface area contributed by atoms with Gasteiger partial charge < -0.3 is 4.40 Å². The first-order valence-corrected chi connectivity index (χ1v) is 6.12. The first-order valence-electron chi connectivity index (χ1n) is 6.12. The van der Waals surface area contributed by atoms with E-state index in [2.05, 4.69) is 17.1 Å². The SMILES string of the molecule is O=c1cccc2nc3cc4ccccc4cn3cc1-2. The lowest BCUT2D eigenvalue weighted by atomic mass is 10.1. The fourth-order valence-electron chi connectivity index (χ4n) is 2.41. The molecule has 1 aliphatic carbocycles. The molecule has 1 aliphatic heterocycles. The molecule has 1 aromatic carbocycles. The van der Waals surface area contributed by atoms with Crippen molar-refractivity contribution in [1.82, 2.24) is 9.38 Å². The molecule has 2 heterocycles. The van der Waals surface area contributed by atoms with Crippen LogP contribution in [0.15, 0.2) is 65.7 Å². The van der Waals surface area contributed by atoms with Crippen molar-refractivity contribution in [2.24, 2.45) is 0 Å². The van der Waals surface area contributed by atoms with Crippen LogP contribution in [0.25, 0.3) is 27.7 Å². The molecule has 2 aromatic rings. The molecule has 0 saturated carbocycles. The summed E-state index contributed by atoms with van der Waals surface area (Å²) in [6, 6.07) is 15.3. The van der Waals surface area contributed by atoms with Crippen LogP contribution >= 0.6 is 0 Å². The summed E-state index contributed by atoms with van der Waals surface area (Å²) < 4.78 is 1.91. The predicted octanol–water partition coefficient (Wildman–Crippen LogP) is 2.95. The second-order valence-electron chi connectivity index (χ2n) is 4.60. The lowest BCUT2D eigenvalue weighted by molar-refractivity contribution is 1.11. The minimum absolute atomic E-state index is 0.00700. The number of rotatable bonds is 0. The Balaban J connectivity index is 2.21. The van der Waals surface area contributed by atoms with E-state index in [0.717, 1.165) is 22.1 Å². The topological polar surface area (TPSA) is 34.4 Å². The van der Waals surface area contributed by atoms with Crippen LogP contribution in [-0.4, -0.2) is 9.38 Å². The van der Waals surface area contributed by atoms with Crippen LogP contribution < -0.4 is 5.43 Å². The molecule has 0 bridgehead atoms. The third kappa shape index (κ3) is 1.52. The molecule has 0 amide bonds. The van der Waals surface area contributed by atoms with E-state index < -0.39 is 0 Å². The van der Waals surface area contributed by atoms with E-state index in [-0.39, 0.29) is 5.43 Å². The van der Waals surface area contributed by atoms with Crippen LogP contribution in [0.3, 0.4) is 0 Å². The van der Waals surface area contributed by atoms with E-state index in [1.165, 1.54) is 0 Å². The van der Waals surface area contributed by atoms with E-state index >= 15 is 0 Å². The lowest BCUT2D eigenvalue weighted by Gasteiger charge is -2.08. The minimum Gasteiger partial charge on any atom is -0.307 e. The lowest BCUT2D eigenvalue weighted by Crippen LogP contribution is -2.07. The average molecular weight is 246 g/mol. The monoisotopic (exact) mass is 246 g/mol. The molecule has 0 fully saturated rings. The van der Waals surface area contributed by atoms with Gasteiger partial charge in [-0.3, -0.25) is 4.79 Å². The Bertz CT molecular complexity index is 940. The van der Waals surface area contributed by atoms with E-state index in [4.69, 9.17) is 0 Å². The summed E-state index contributed by atoms with van der Waals surface area (Å²) in [5.74, 6) is 0. The van der Waals surface area contributed by atoms with Crippen molar-refractivity contribution in [2.45, 2.75) is 0 Å². The van der Waals surface area contributed by atoms with E-state index in [1.54, 1.807) is 12.1 Å². The molecule has 0 N–H and O–H groups in total. The van der Waals surface area contributed by atoms with Gasteiger partial charge in [0.25, 0.3) is 0 Å². The van der Waals surface area contributed by atoms with Gasteiger partial charge >= 0.3 is 0 Å². The molecular formula is C16H10N2O.